The largest absolute Gasteiger partial charge is 0.328 e. The van der Waals surface area contributed by atoms with E-state index >= 15 is 0 Å². The van der Waals surface area contributed by atoms with E-state index in [4.69, 9.17) is 0 Å². The van der Waals surface area contributed by atoms with E-state index in [1.54, 1.807) is 27.9 Å². The predicted molar refractivity (Wildman–Crippen MR) is 83.3 cm³/mol. The molecular formula is C16H20FN5O. The highest BCUT2D eigenvalue weighted by Crippen LogP contribution is 2.27. The van der Waals surface area contributed by atoms with Crippen LogP contribution in [0.25, 0.3) is 0 Å². The number of carbonyl (C=O) groups excluding carboxylic acids is 1. The van der Waals surface area contributed by atoms with Crippen LogP contribution >= 0.6 is 0 Å². The van der Waals surface area contributed by atoms with Crippen molar-refractivity contribution in [3.63, 3.8) is 0 Å². The van der Waals surface area contributed by atoms with Gasteiger partial charge >= 0.3 is 6.03 Å². The first-order valence-electron chi connectivity index (χ1n) is 7.69. The molecule has 7 heteroatoms. The van der Waals surface area contributed by atoms with E-state index in [1.165, 1.54) is 6.07 Å². The number of benzene rings is 1. The molecule has 1 saturated heterocycles. The number of likely N-dealkylation sites (tertiary alicyclic amines) is 1. The number of carbonyl (C=O) groups is 1. The van der Waals surface area contributed by atoms with Gasteiger partial charge in [0.2, 0.25) is 0 Å². The summed E-state index contributed by atoms with van der Waals surface area (Å²) in [4.78, 5) is 14.2. The van der Waals surface area contributed by atoms with E-state index < -0.39 is 0 Å². The van der Waals surface area contributed by atoms with E-state index in [0.29, 0.717) is 18.9 Å². The summed E-state index contributed by atoms with van der Waals surface area (Å²) in [5, 5.41) is 10.8. The van der Waals surface area contributed by atoms with Crippen molar-refractivity contribution in [3.8, 4) is 0 Å². The summed E-state index contributed by atoms with van der Waals surface area (Å²) in [7, 11) is 1.84. The van der Waals surface area contributed by atoms with Crippen LogP contribution in [0.15, 0.2) is 30.6 Å². The average Bonchev–Trinajstić information content (AvgIpc) is 3.16. The highest BCUT2D eigenvalue weighted by atomic mass is 19.1. The zero-order valence-corrected chi connectivity index (χ0v) is 13.2. The minimum Gasteiger partial charge on any atom is -0.328 e. The van der Waals surface area contributed by atoms with Gasteiger partial charge in [-0.2, -0.15) is 0 Å². The lowest BCUT2D eigenvalue weighted by Gasteiger charge is -2.20. The third kappa shape index (κ3) is 3.33. The fourth-order valence-corrected chi connectivity index (χ4v) is 3.00. The van der Waals surface area contributed by atoms with Crippen molar-refractivity contribution in [2.75, 3.05) is 13.1 Å². The van der Waals surface area contributed by atoms with E-state index in [1.807, 2.05) is 20.0 Å². The van der Waals surface area contributed by atoms with Crippen LogP contribution in [-0.4, -0.2) is 38.8 Å². The fourth-order valence-electron chi connectivity index (χ4n) is 3.00. The second kappa shape index (κ2) is 6.36. The summed E-state index contributed by atoms with van der Waals surface area (Å²) in [5.74, 6) is 0.655. The van der Waals surface area contributed by atoms with Crippen molar-refractivity contribution >= 4 is 6.03 Å². The summed E-state index contributed by atoms with van der Waals surface area (Å²) >= 11 is 0. The average molecular weight is 317 g/mol. The van der Waals surface area contributed by atoms with Gasteiger partial charge in [0.15, 0.2) is 5.82 Å². The number of hydrogen-bond donors (Lipinski definition) is 1. The Morgan fingerprint density at radius 2 is 2.30 bits per heavy atom. The molecule has 2 aromatic rings. The van der Waals surface area contributed by atoms with Crippen LogP contribution in [0.4, 0.5) is 9.18 Å². The molecule has 6 nitrogen and oxygen atoms in total. The van der Waals surface area contributed by atoms with Crippen LogP contribution in [0, 0.1) is 5.82 Å². The molecule has 2 atom stereocenters. The third-order valence-electron chi connectivity index (χ3n) is 4.27. The Hall–Kier alpha value is -2.44. The van der Waals surface area contributed by atoms with Crippen molar-refractivity contribution in [2.24, 2.45) is 7.05 Å². The molecule has 0 unspecified atom stereocenters. The Labute approximate surface area is 134 Å². The highest BCUT2D eigenvalue weighted by Gasteiger charge is 2.28. The number of urea groups is 1. The van der Waals surface area contributed by atoms with Crippen LogP contribution in [-0.2, 0) is 7.05 Å². The first kappa shape index (κ1) is 15.5. The molecule has 0 saturated carbocycles. The molecule has 0 spiro atoms. The van der Waals surface area contributed by atoms with E-state index in [9.17, 15) is 9.18 Å². The number of nitrogens with zero attached hydrogens (tertiary/aromatic N) is 4. The van der Waals surface area contributed by atoms with Gasteiger partial charge in [0, 0.05) is 26.1 Å². The van der Waals surface area contributed by atoms with Crippen molar-refractivity contribution in [1.82, 2.24) is 25.0 Å². The molecule has 122 valence electrons. The molecule has 0 aliphatic carbocycles. The number of aromatic nitrogens is 3. The number of amides is 2. The lowest BCUT2D eigenvalue weighted by molar-refractivity contribution is 0.204. The number of halogens is 1. The SMILES string of the molecule is C[C@H](NC(=O)N1CC[C@@H](c2cccc(F)c2)C1)c1nncn1C. The zero-order valence-electron chi connectivity index (χ0n) is 13.2. The quantitative estimate of drug-likeness (QED) is 0.944. The first-order chi connectivity index (χ1) is 11.0. The van der Waals surface area contributed by atoms with Gasteiger partial charge in [-0.15, -0.1) is 10.2 Å². The predicted octanol–water partition coefficient (Wildman–Crippen LogP) is 2.21. The lowest BCUT2D eigenvalue weighted by atomic mass is 9.98. The highest BCUT2D eigenvalue weighted by molar-refractivity contribution is 5.75. The molecule has 23 heavy (non-hydrogen) atoms. The molecule has 1 aromatic carbocycles. The number of aryl methyl sites for hydroxylation is 1. The summed E-state index contributed by atoms with van der Waals surface area (Å²) in [6.45, 7) is 3.14. The molecule has 0 bridgehead atoms. The van der Waals surface area contributed by atoms with Crippen molar-refractivity contribution in [3.05, 3.63) is 47.8 Å². The number of nitrogens with one attached hydrogen (secondary N) is 1. The minimum absolute atomic E-state index is 0.126. The third-order valence-corrected chi connectivity index (χ3v) is 4.27. The molecule has 2 heterocycles. The molecule has 1 N–H and O–H groups in total. The Morgan fingerprint density at radius 1 is 1.48 bits per heavy atom. The first-order valence-corrected chi connectivity index (χ1v) is 7.69. The van der Waals surface area contributed by atoms with Crippen LogP contribution in [0.1, 0.15) is 36.7 Å². The molecule has 1 aromatic heterocycles. The standard InChI is InChI=1S/C16H20FN5O/c1-11(15-20-18-10-21(15)2)19-16(23)22-7-6-13(9-22)12-4-3-5-14(17)8-12/h3-5,8,10-11,13H,6-7,9H2,1-2H3,(H,19,23)/t11-,13+/m0/s1. The summed E-state index contributed by atoms with van der Waals surface area (Å²) in [5.41, 5.74) is 0.946. The molecule has 2 amide bonds. The van der Waals surface area contributed by atoms with Crippen LogP contribution in [0.5, 0.6) is 0 Å². The normalized spacial score (nSPS) is 18.9. The monoisotopic (exact) mass is 317 g/mol. The van der Waals surface area contributed by atoms with Gasteiger partial charge < -0.3 is 14.8 Å². The van der Waals surface area contributed by atoms with Gasteiger partial charge in [0.25, 0.3) is 0 Å². The smallest absolute Gasteiger partial charge is 0.317 e. The van der Waals surface area contributed by atoms with Crippen LogP contribution < -0.4 is 5.32 Å². The molecule has 3 rings (SSSR count). The maximum Gasteiger partial charge on any atom is 0.317 e. The second-order valence-electron chi connectivity index (χ2n) is 5.96. The lowest BCUT2D eigenvalue weighted by Crippen LogP contribution is -2.40. The maximum absolute atomic E-state index is 13.3. The maximum atomic E-state index is 13.3. The Balaban J connectivity index is 1.60. The Kier molecular flexibility index (Phi) is 4.27. The van der Waals surface area contributed by atoms with Crippen molar-refractivity contribution in [1.29, 1.82) is 0 Å². The van der Waals surface area contributed by atoms with Crippen molar-refractivity contribution < 1.29 is 9.18 Å². The van der Waals surface area contributed by atoms with Gasteiger partial charge in [-0.1, -0.05) is 12.1 Å². The molecule has 1 aliphatic rings. The van der Waals surface area contributed by atoms with Gasteiger partial charge in [0.1, 0.15) is 12.1 Å². The van der Waals surface area contributed by atoms with Gasteiger partial charge in [-0.25, -0.2) is 9.18 Å². The van der Waals surface area contributed by atoms with E-state index in [2.05, 4.69) is 15.5 Å². The topological polar surface area (TPSA) is 63.1 Å². The van der Waals surface area contributed by atoms with Gasteiger partial charge in [-0.05, 0) is 31.0 Å². The van der Waals surface area contributed by atoms with Crippen LogP contribution in [0.2, 0.25) is 0 Å². The molecular weight excluding hydrogens is 297 g/mol. The second-order valence-corrected chi connectivity index (χ2v) is 5.96. The van der Waals surface area contributed by atoms with E-state index in [0.717, 1.165) is 12.0 Å². The number of rotatable bonds is 3. The summed E-state index contributed by atoms with van der Waals surface area (Å²) in [6.07, 6.45) is 2.45. The summed E-state index contributed by atoms with van der Waals surface area (Å²) < 4.78 is 15.1. The Morgan fingerprint density at radius 3 is 3.00 bits per heavy atom. The fraction of sp³-hybridized carbons (Fsp3) is 0.438. The van der Waals surface area contributed by atoms with Gasteiger partial charge in [-0.3, -0.25) is 0 Å². The number of hydrogen-bond acceptors (Lipinski definition) is 3. The van der Waals surface area contributed by atoms with E-state index in [-0.39, 0.29) is 23.8 Å². The summed E-state index contributed by atoms with van der Waals surface area (Å²) in [6, 6.07) is 6.27. The Bertz CT molecular complexity index is 701. The zero-order chi connectivity index (χ0) is 16.4. The molecule has 1 aliphatic heterocycles. The molecule has 0 radical (unpaired) electrons. The minimum atomic E-state index is -0.235. The van der Waals surface area contributed by atoms with Gasteiger partial charge in [0.05, 0.1) is 6.04 Å². The van der Waals surface area contributed by atoms with Crippen LogP contribution in [0.3, 0.4) is 0 Å². The molecule has 1 fully saturated rings. The van der Waals surface area contributed by atoms with Crippen molar-refractivity contribution in [2.45, 2.75) is 25.3 Å².